The zero-order valence-corrected chi connectivity index (χ0v) is 13.2. The van der Waals surface area contributed by atoms with Crippen molar-refractivity contribution in [2.75, 3.05) is 5.32 Å². The van der Waals surface area contributed by atoms with E-state index in [1.807, 2.05) is 0 Å². The average molecular weight is 352 g/mol. The maximum atomic E-state index is 12.4. The molecule has 2 aromatic carbocycles. The molecule has 1 aromatic heterocycles. The van der Waals surface area contributed by atoms with Crippen molar-refractivity contribution < 1.29 is 23.9 Å². The van der Waals surface area contributed by atoms with E-state index in [1.165, 1.54) is 36.4 Å². The van der Waals surface area contributed by atoms with Gasteiger partial charge in [0.2, 0.25) is 0 Å². The minimum absolute atomic E-state index is 0.00279. The number of carbonyl (C=O) groups excluding carboxylic acids is 3. The Labute approximate surface area is 145 Å². The van der Waals surface area contributed by atoms with E-state index in [0.29, 0.717) is 0 Å². The number of fused-ring (bicyclic) bond motifs is 1. The molecule has 1 heterocycles. The highest BCUT2D eigenvalue weighted by Gasteiger charge is 2.27. The van der Waals surface area contributed by atoms with Crippen LogP contribution in [0.1, 0.15) is 20.7 Å². The molecular formula is C18H12N2O6. The number of primary amides is 1. The fraction of sp³-hybridized carbons (Fsp3) is 0. The highest BCUT2D eigenvalue weighted by atomic mass is 16.4. The first-order chi connectivity index (χ1) is 12.4. The van der Waals surface area contributed by atoms with Gasteiger partial charge in [0.1, 0.15) is 11.3 Å². The molecule has 4 N–H and O–H groups in total. The van der Waals surface area contributed by atoms with Crippen LogP contribution in [0, 0.1) is 0 Å². The number of amides is 2. The second-order valence-corrected chi connectivity index (χ2v) is 5.30. The highest BCUT2D eigenvalue weighted by Crippen LogP contribution is 2.26. The SMILES string of the molecule is NC(=O)c1ccccc1NC(=O)C(=O)c1c(O)c2ccccc2oc1=O. The number of anilines is 1. The minimum atomic E-state index is -1.30. The third-order valence-electron chi connectivity index (χ3n) is 3.66. The summed E-state index contributed by atoms with van der Waals surface area (Å²) in [7, 11) is 0. The van der Waals surface area contributed by atoms with Gasteiger partial charge in [-0.15, -0.1) is 0 Å². The van der Waals surface area contributed by atoms with Gasteiger partial charge in [0.15, 0.2) is 5.56 Å². The van der Waals surface area contributed by atoms with Crippen molar-refractivity contribution in [3.63, 3.8) is 0 Å². The summed E-state index contributed by atoms with van der Waals surface area (Å²) in [4.78, 5) is 48.0. The van der Waals surface area contributed by atoms with Crippen LogP contribution in [0.4, 0.5) is 5.69 Å². The normalized spacial score (nSPS) is 10.5. The molecule has 0 saturated heterocycles. The largest absolute Gasteiger partial charge is 0.506 e. The summed E-state index contributed by atoms with van der Waals surface area (Å²) in [5.74, 6) is -3.99. The van der Waals surface area contributed by atoms with Gasteiger partial charge in [-0.25, -0.2) is 4.79 Å². The van der Waals surface area contributed by atoms with E-state index in [0.717, 1.165) is 0 Å². The van der Waals surface area contributed by atoms with Crippen molar-refractivity contribution in [3.8, 4) is 5.75 Å². The molecule has 8 heteroatoms. The Morgan fingerprint density at radius 2 is 1.65 bits per heavy atom. The van der Waals surface area contributed by atoms with Crippen molar-refractivity contribution in [2.45, 2.75) is 0 Å². The van der Waals surface area contributed by atoms with Crippen molar-refractivity contribution >= 4 is 34.3 Å². The molecule has 0 aliphatic heterocycles. The van der Waals surface area contributed by atoms with Gasteiger partial charge in [0, 0.05) is 0 Å². The van der Waals surface area contributed by atoms with Gasteiger partial charge in [-0.2, -0.15) is 0 Å². The van der Waals surface area contributed by atoms with E-state index in [9.17, 15) is 24.3 Å². The Hall–Kier alpha value is -3.94. The monoisotopic (exact) mass is 352 g/mol. The number of nitrogens with two attached hydrogens (primary N) is 1. The summed E-state index contributed by atoms with van der Waals surface area (Å²) < 4.78 is 4.97. The van der Waals surface area contributed by atoms with E-state index in [2.05, 4.69) is 5.32 Å². The van der Waals surface area contributed by atoms with E-state index in [4.69, 9.17) is 10.2 Å². The Kier molecular flexibility index (Phi) is 4.24. The molecule has 3 aromatic rings. The van der Waals surface area contributed by atoms with Gasteiger partial charge in [-0.05, 0) is 24.3 Å². The van der Waals surface area contributed by atoms with E-state index in [1.54, 1.807) is 12.1 Å². The zero-order chi connectivity index (χ0) is 18.8. The van der Waals surface area contributed by atoms with Crippen molar-refractivity contribution in [1.29, 1.82) is 0 Å². The van der Waals surface area contributed by atoms with Gasteiger partial charge in [-0.1, -0.05) is 24.3 Å². The van der Waals surface area contributed by atoms with Gasteiger partial charge in [0.05, 0.1) is 16.6 Å². The fourth-order valence-electron chi connectivity index (χ4n) is 2.43. The van der Waals surface area contributed by atoms with Crippen LogP contribution in [-0.2, 0) is 4.79 Å². The molecule has 0 bridgehead atoms. The molecule has 0 spiro atoms. The van der Waals surface area contributed by atoms with Crippen LogP contribution in [0.2, 0.25) is 0 Å². The van der Waals surface area contributed by atoms with E-state index >= 15 is 0 Å². The first-order valence-electron chi connectivity index (χ1n) is 7.39. The van der Waals surface area contributed by atoms with Crippen LogP contribution < -0.4 is 16.7 Å². The number of carbonyl (C=O) groups is 3. The lowest BCUT2D eigenvalue weighted by Gasteiger charge is -2.09. The predicted octanol–water partition coefficient (Wildman–Crippen LogP) is 1.42. The Morgan fingerprint density at radius 3 is 2.38 bits per heavy atom. The molecule has 0 saturated carbocycles. The van der Waals surface area contributed by atoms with Crippen molar-refractivity contribution in [3.05, 3.63) is 70.1 Å². The Balaban J connectivity index is 2.00. The Morgan fingerprint density at radius 1 is 1.00 bits per heavy atom. The van der Waals surface area contributed by atoms with Crippen LogP contribution >= 0.6 is 0 Å². The first kappa shape index (κ1) is 16.9. The van der Waals surface area contributed by atoms with Gasteiger partial charge >= 0.3 is 5.63 Å². The summed E-state index contributed by atoms with van der Waals surface area (Å²) in [6, 6.07) is 11.8. The highest BCUT2D eigenvalue weighted by molar-refractivity contribution is 6.47. The van der Waals surface area contributed by atoms with Crippen LogP contribution in [0.25, 0.3) is 11.0 Å². The Bertz CT molecular complexity index is 1120. The maximum Gasteiger partial charge on any atom is 0.351 e. The number of ketones is 1. The molecule has 0 fully saturated rings. The zero-order valence-electron chi connectivity index (χ0n) is 13.2. The molecule has 130 valence electrons. The van der Waals surface area contributed by atoms with Gasteiger partial charge in [0.25, 0.3) is 17.6 Å². The topological polar surface area (TPSA) is 140 Å². The van der Waals surface area contributed by atoms with Gasteiger partial charge in [-0.3, -0.25) is 14.4 Å². The molecule has 3 rings (SSSR count). The summed E-state index contributed by atoms with van der Waals surface area (Å²) in [6.07, 6.45) is 0. The number of hydrogen-bond donors (Lipinski definition) is 3. The van der Waals surface area contributed by atoms with Crippen molar-refractivity contribution in [2.24, 2.45) is 5.73 Å². The quantitative estimate of drug-likeness (QED) is 0.368. The number of benzene rings is 2. The lowest BCUT2D eigenvalue weighted by Crippen LogP contribution is -2.28. The number of para-hydroxylation sites is 2. The van der Waals surface area contributed by atoms with E-state index in [-0.39, 0.29) is 22.2 Å². The number of nitrogens with one attached hydrogen (secondary N) is 1. The third kappa shape index (κ3) is 2.91. The van der Waals surface area contributed by atoms with Crippen LogP contribution in [-0.4, -0.2) is 22.7 Å². The number of hydrogen-bond acceptors (Lipinski definition) is 6. The minimum Gasteiger partial charge on any atom is -0.506 e. The average Bonchev–Trinajstić information content (AvgIpc) is 2.61. The lowest BCUT2D eigenvalue weighted by molar-refractivity contribution is -0.112. The molecule has 0 atom stereocenters. The fourth-order valence-corrected chi connectivity index (χ4v) is 2.43. The van der Waals surface area contributed by atoms with Gasteiger partial charge < -0.3 is 20.6 Å². The lowest BCUT2D eigenvalue weighted by atomic mass is 10.1. The maximum absolute atomic E-state index is 12.4. The van der Waals surface area contributed by atoms with Crippen molar-refractivity contribution in [1.82, 2.24) is 0 Å². The standard InChI is InChI=1S/C18H12N2O6/c19-16(23)9-5-1-3-7-11(9)20-17(24)15(22)13-14(21)10-6-2-4-8-12(10)26-18(13)25/h1-8,21H,(H2,19,23)(H,20,24). The first-order valence-corrected chi connectivity index (χ1v) is 7.39. The second kappa shape index (κ2) is 6.52. The second-order valence-electron chi connectivity index (χ2n) is 5.30. The molecule has 0 aliphatic rings. The smallest absolute Gasteiger partial charge is 0.351 e. The summed E-state index contributed by atoms with van der Waals surface area (Å²) in [5, 5.41) is 12.5. The number of aromatic hydroxyl groups is 1. The van der Waals surface area contributed by atoms with Crippen LogP contribution in [0.5, 0.6) is 5.75 Å². The third-order valence-corrected chi connectivity index (χ3v) is 3.66. The molecule has 0 aliphatic carbocycles. The summed E-state index contributed by atoms with van der Waals surface area (Å²) >= 11 is 0. The molecule has 26 heavy (non-hydrogen) atoms. The predicted molar refractivity (Wildman–Crippen MR) is 92.1 cm³/mol. The molecule has 8 nitrogen and oxygen atoms in total. The number of rotatable bonds is 4. The van der Waals surface area contributed by atoms with Crippen LogP contribution in [0.3, 0.4) is 0 Å². The molecule has 2 amide bonds. The number of Topliss-reactive ketones (excluding diaryl/α,β-unsaturated/α-hetero) is 1. The molecular weight excluding hydrogens is 340 g/mol. The summed E-state index contributed by atoms with van der Waals surface area (Å²) in [6.45, 7) is 0. The summed E-state index contributed by atoms with van der Waals surface area (Å²) in [5.41, 5.74) is 3.33. The van der Waals surface area contributed by atoms with E-state index < -0.39 is 34.5 Å². The molecule has 0 radical (unpaired) electrons. The van der Waals surface area contributed by atoms with Crippen LogP contribution in [0.15, 0.2) is 57.7 Å². The molecule has 0 unspecified atom stereocenters.